The van der Waals surface area contributed by atoms with Crippen LogP contribution in [0.15, 0.2) is 30.3 Å². The number of benzene rings is 1. The van der Waals surface area contributed by atoms with Gasteiger partial charge in [-0.3, -0.25) is 4.79 Å². The molecule has 0 spiro atoms. The second kappa shape index (κ2) is 5.35. The van der Waals surface area contributed by atoms with E-state index in [1.54, 1.807) is 6.08 Å². The number of carbonyl (C=O) groups excluding carboxylic acids is 1. The van der Waals surface area contributed by atoms with Crippen LogP contribution in [0.2, 0.25) is 0 Å². The first-order valence-corrected chi connectivity index (χ1v) is 5.14. The molecule has 0 aliphatic carbocycles. The summed E-state index contributed by atoms with van der Waals surface area (Å²) >= 11 is 0. The third kappa shape index (κ3) is 4.45. The van der Waals surface area contributed by atoms with Crippen LogP contribution in [-0.4, -0.2) is 5.91 Å². The van der Waals surface area contributed by atoms with Crippen molar-refractivity contribution < 1.29 is 4.79 Å². The molecule has 0 aliphatic heterocycles. The van der Waals surface area contributed by atoms with Gasteiger partial charge in [-0.2, -0.15) is 0 Å². The Labute approximate surface area is 90.8 Å². The van der Waals surface area contributed by atoms with Crippen molar-refractivity contribution in [1.29, 1.82) is 0 Å². The summed E-state index contributed by atoms with van der Waals surface area (Å²) in [5.74, 6) is 0.248. The van der Waals surface area contributed by atoms with E-state index in [4.69, 9.17) is 5.73 Å². The highest BCUT2D eigenvalue weighted by molar-refractivity contribution is 5.90. The van der Waals surface area contributed by atoms with Crippen LogP contribution < -0.4 is 5.73 Å². The summed E-state index contributed by atoms with van der Waals surface area (Å²) in [5, 5.41) is 0. The first kappa shape index (κ1) is 11.5. The van der Waals surface area contributed by atoms with Gasteiger partial charge < -0.3 is 5.73 Å². The molecule has 0 bridgehead atoms. The van der Waals surface area contributed by atoms with Crippen LogP contribution in [0.25, 0.3) is 6.08 Å². The van der Waals surface area contributed by atoms with Gasteiger partial charge in [0.25, 0.3) is 0 Å². The van der Waals surface area contributed by atoms with Crippen molar-refractivity contribution >= 4 is 12.0 Å². The van der Waals surface area contributed by atoms with Crippen LogP contribution in [-0.2, 0) is 11.2 Å². The number of nitrogens with two attached hydrogens (primary N) is 1. The lowest BCUT2D eigenvalue weighted by Crippen LogP contribution is -2.05. The molecule has 1 rings (SSSR count). The van der Waals surface area contributed by atoms with Crippen molar-refractivity contribution in [2.24, 2.45) is 11.7 Å². The molecule has 15 heavy (non-hydrogen) atoms. The summed E-state index contributed by atoms with van der Waals surface area (Å²) in [5.41, 5.74) is 7.33. The zero-order valence-electron chi connectivity index (χ0n) is 9.23. The van der Waals surface area contributed by atoms with Crippen molar-refractivity contribution in [3.63, 3.8) is 0 Å². The molecule has 80 valence electrons. The summed E-state index contributed by atoms with van der Waals surface area (Å²) in [6, 6.07) is 8.16. The lowest BCUT2D eigenvalue weighted by molar-refractivity contribution is -0.113. The zero-order chi connectivity index (χ0) is 11.3. The van der Waals surface area contributed by atoms with Crippen molar-refractivity contribution in [2.45, 2.75) is 20.3 Å². The lowest BCUT2D eigenvalue weighted by Gasteiger charge is -2.04. The van der Waals surface area contributed by atoms with Gasteiger partial charge in [-0.15, -0.1) is 0 Å². The van der Waals surface area contributed by atoms with Crippen LogP contribution in [0.5, 0.6) is 0 Å². The molecule has 0 fully saturated rings. The van der Waals surface area contributed by atoms with E-state index in [-0.39, 0.29) is 0 Å². The van der Waals surface area contributed by atoms with E-state index in [1.807, 2.05) is 12.1 Å². The average molecular weight is 203 g/mol. The Morgan fingerprint density at radius 3 is 2.40 bits per heavy atom. The fourth-order valence-corrected chi connectivity index (χ4v) is 1.41. The third-order valence-corrected chi connectivity index (χ3v) is 2.06. The van der Waals surface area contributed by atoms with Gasteiger partial charge in [0.2, 0.25) is 5.91 Å². The Bertz CT molecular complexity index is 349. The molecule has 0 saturated heterocycles. The molecular weight excluding hydrogens is 186 g/mol. The number of rotatable bonds is 4. The zero-order valence-corrected chi connectivity index (χ0v) is 9.23. The quantitative estimate of drug-likeness (QED) is 0.750. The second-order valence-electron chi connectivity index (χ2n) is 4.08. The molecule has 1 aromatic carbocycles. The van der Waals surface area contributed by atoms with E-state index in [0.717, 1.165) is 12.0 Å². The SMILES string of the molecule is CC(C)Cc1ccc(C=CC(N)=O)cc1. The maximum Gasteiger partial charge on any atom is 0.241 e. The summed E-state index contributed by atoms with van der Waals surface area (Å²) in [6.07, 6.45) is 4.18. The van der Waals surface area contributed by atoms with E-state index in [2.05, 4.69) is 26.0 Å². The fraction of sp³-hybridized carbons (Fsp3) is 0.308. The molecule has 2 nitrogen and oxygen atoms in total. The van der Waals surface area contributed by atoms with E-state index < -0.39 is 5.91 Å². The van der Waals surface area contributed by atoms with E-state index in [1.165, 1.54) is 11.6 Å². The maximum absolute atomic E-state index is 10.5. The predicted octanol–water partition coefficient (Wildman–Crippen LogP) is 2.38. The molecule has 0 aliphatic rings. The molecule has 0 aromatic heterocycles. The normalized spacial score (nSPS) is 11.1. The molecule has 1 aromatic rings. The number of primary amides is 1. The van der Waals surface area contributed by atoms with Crippen LogP contribution in [0.4, 0.5) is 0 Å². The minimum atomic E-state index is -0.416. The van der Waals surface area contributed by atoms with E-state index in [0.29, 0.717) is 5.92 Å². The molecule has 0 saturated carbocycles. The van der Waals surface area contributed by atoms with Crippen molar-refractivity contribution in [2.75, 3.05) is 0 Å². The molecule has 2 N–H and O–H groups in total. The molecule has 2 heteroatoms. The summed E-state index contributed by atoms with van der Waals surface area (Å²) < 4.78 is 0. The highest BCUT2D eigenvalue weighted by atomic mass is 16.1. The fourth-order valence-electron chi connectivity index (χ4n) is 1.41. The Morgan fingerprint density at radius 1 is 1.33 bits per heavy atom. The van der Waals surface area contributed by atoms with Crippen LogP contribution in [0, 0.1) is 5.92 Å². The third-order valence-electron chi connectivity index (χ3n) is 2.06. The summed E-state index contributed by atoms with van der Waals surface area (Å²) in [6.45, 7) is 4.39. The van der Waals surface area contributed by atoms with Gasteiger partial charge in [0, 0.05) is 6.08 Å². The Hall–Kier alpha value is -1.57. The first-order chi connectivity index (χ1) is 7.08. The maximum atomic E-state index is 10.5. The van der Waals surface area contributed by atoms with E-state index in [9.17, 15) is 4.79 Å². The molecule has 0 atom stereocenters. The molecular formula is C13H17NO. The van der Waals surface area contributed by atoms with Crippen LogP contribution >= 0.6 is 0 Å². The van der Waals surface area contributed by atoms with Crippen LogP contribution in [0.1, 0.15) is 25.0 Å². The number of amides is 1. The lowest BCUT2D eigenvalue weighted by atomic mass is 10.0. The van der Waals surface area contributed by atoms with Gasteiger partial charge in [-0.25, -0.2) is 0 Å². The standard InChI is InChI=1S/C13H17NO/c1-10(2)9-12-5-3-11(4-6-12)7-8-13(14)15/h3-8,10H,9H2,1-2H3,(H2,14,15). The largest absolute Gasteiger partial charge is 0.366 e. The monoisotopic (exact) mass is 203 g/mol. The Balaban J connectivity index is 2.68. The molecule has 0 heterocycles. The van der Waals surface area contributed by atoms with Gasteiger partial charge in [0.15, 0.2) is 0 Å². The van der Waals surface area contributed by atoms with Gasteiger partial charge in [-0.05, 0) is 29.5 Å². The molecule has 1 amide bonds. The predicted molar refractivity (Wildman–Crippen MR) is 63.2 cm³/mol. The number of carbonyl (C=O) groups is 1. The smallest absolute Gasteiger partial charge is 0.241 e. The van der Waals surface area contributed by atoms with Gasteiger partial charge in [0.05, 0.1) is 0 Å². The Kier molecular flexibility index (Phi) is 4.10. The molecule has 0 radical (unpaired) electrons. The Morgan fingerprint density at radius 2 is 1.93 bits per heavy atom. The highest BCUT2D eigenvalue weighted by Crippen LogP contribution is 2.10. The van der Waals surface area contributed by atoms with Crippen molar-refractivity contribution in [1.82, 2.24) is 0 Å². The summed E-state index contributed by atoms with van der Waals surface area (Å²) in [7, 11) is 0. The van der Waals surface area contributed by atoms with Gasteiger partial charge in [-0.1, -0.05) is 38.1 Å². The topological polar surface area (TPSA) is 43.1 Å². The van der Waals surface area contributed by atoms with Gasteiger partial charge >= 0.3 is 0 Å². The second-order valence-corrected chi connectivity index (χ2v) is 4.08. The minimum absolute atomic E-state index is 0.416. The summed E-state index contributed by atoms with van der Waals surface area (Å²) in [4.78, 5) is 10.5. The average Bonchev–Trinajstić information content (AvgIpc) is 2.16. The highest BCUT2D eigenvalue weighted by Gasteiger charge is 1.96. The number of hydrogen-bond acceptors (Lipinski definition) is 1. The van der Waals surface area contributed by atoms with Crippen molar-refractivity contribution in [3.05, 3.63) is 41.5 Å². The first-order valence-electron chi connectivity index (χ1n) is 5.14. The molecule has 0 unspecified atom stereocenters. The van der Waals surface area contributed by atoms with Crippen LogP contribution in [0.3, 0.4) is 0 Å². The van der Waals surface area contributed by atoms with E-state index >= 15 is 0 Å². The van der Waals surface area contributed by atoms with Gasteiger partial charge in [0.1, 0.15) is 0 Å². The minimum Gasteiger partial charge on any atom is -0.366 e. The van der Waals surface area contributed by atoms with Crippen molar-refractivity contribution in [3.8, 4) is 0 Å². The number of hydrogen-bond donors (Lipinski definition) is 1.